The third-order valence-electron chi connectivity index (χ3n) is 4.98. The normalized spacial score (nSPS) is 17.5. The van der Waals surface area contributed by atoms with Crippen LogP contribution in [0.2, 0.25) is 5.02 Å². The maximum absolute atomic E-state index is 12.8. The molecule has 7 heteroatoms. The van der Waals surface area contributed by atoms with Crippen LogP contribution in [0.4, 0.5) is 0 Å². The molecule has 1 atom stereocenters. The van der Waals surface area contributed by atoms with E-state index in [9.17, 15) is 9.59 Å². The summed E-state index contributed by atoms with van der Waals surface area (Å²) in [5.41, 5.74) is 1.58. The fourth-order valence-corrected chi connectivity index (χ4v) is 5.07. The van der Waals surface area contributed by atoms with E-state index in [1.54, 1.807) is 18.2 Å². The highest BCUT2D eigenvalue weighted by Crippen LogP contribution is 2.37. The van der Waals surface area contributed by atoms with Crippen LogP contribution in [0.1, 0.15) is 17.2 Å². The molecule has 1 amide bonds. The van der Waals surface area contributed by atoms with Crippen molar-refractivity contribution in [2.24, 2.45) is 0 Å². The maximum Gasteiger partial charge on any atom is 0.261 e. The van der Waals surface area contributed by atoms with Crippen molar-refractivity contribution in [2.45, 2.75) is 18.2 Å². The Morgan fingerprint density at radius 3 is 2.79 bits per heavy atom. The second kappa shape index (κ2) is 8.37. The minimum Gasteiger partial charge on any atom is -0.340 e. The van der Waals surface area contributed by atoms with Gasteiger partial charge >= 0.3 is 0 Å². The molecule has 0 spiro atoms. The molecular weight excluding hydrogens is 394 g/mol. The van der Waals surface area contributed by atoms with Crippen molar-refractivity contribution >= 4 is 40.2 Å². The van der Waals surface area contributed by atoms with Crippen molar-refractivity contribution in [3.8, 4) is 0 Å². The van der Waals surface area contributed by atoms with E-state index in [0.29, 0.717) is 24.0 Å². The molecule has 1 aliphatic rings. The van der Waals surface area contributed by atoms with E-state index in [1.165, 1.54) is 10.9 Å². The first kappa shape index (κ1) is 19.0. The first-order valence-electron chi connectivity index (χ1n) is 9.21. The van der Waals surface area contributed by atoms with E-state index in [-0.39, 0.29) is 23.3 Å². The Labute approximate surface area is 172 Å². The number of thioether (sulfide) groups is 1. The first-order chi connectivity index (χ1) is 13.6. The number of carbonyl (C=O) groups is 1. The fourth-order valence-electron chi connectivity index (χ4n) is 3.47. The zero-order valence-corrected chi connectivity index (χ0v) is 16.8. The summed E-state index contributed by atoms with van der Waals surface area (Å²) in [6, 6.07) is 15.1. The van der Waals surface area contributed by atoms with Crippen molar-refractivity contribution in [3.05, 3.63) is 75.8 Å². The molecule has 4 rings (SSSR count). The SMILES string of the molecule is O=C(Cn1cnc2ccccc2c1=O)N1CCSC(c2ccccc2Cl)CC1. The standard InChI is InChI=1S/C21H20ClN3O2S/c22-17-7-3-1-5-15(17)19-9-10-24(11-12-28-19)20(26)13-25-14-23-18-8-4-2-6-16(18)21(25)27/h1-8,14,19H,9-13H2. The number of hydrogen-bond donors (Lipinski definition) is 0. The number of hydrogen-bond acceptors (Lipinski definition) is 4. The van der Waals surface area contributed by atoms with Gasteiger partial charge in [0.2, 0.25) is 5.91 Å². The summed E-state index contributed by atoms with van der Waals surface area (Å²) in [6.45, 7) is 1.33. The van der Waals surface area contributed by atoms with Gasteiger partial charge < -0.3 is 4.90 Å². The predicted molar refractivity (Wildman–Crippen MR) is 114 cm³/mol. The zero-order chi connectivity index (χ0) is 19.5. The number of nitrogens with zero attached hydrogens (tertiary/aromatic N) is 3. The van der Waals surface area contributed by atoms with Crippen LogP contribution in [0.3, 0.4) is 0 Å². The Hall–Kier alpha value is -2.31. The molecular formula is C21H20ClN3O2S. The van der Waals surface area contributed by atoms with Gasteiger partial charge in [0.1, 0.15) is 6.54 Å². The molecule has 28 heavy (non-hydrogen) atoms. The van der Waals surface area contributed by atoms with Crippen molar-refractivity contribution in [1.82, 2.24) is 14.5 Å². The van der Waals surface area contributed by atoms with Crippen molar-refractivity contribution in [1.29, 1.82) is 0 Å². The monoisotopic (exact) mass is 413 g/mol. The van der Waals surface area contributed by atoms with E-state index in [2.05, 4.69) is 11.1 Å². The van der Waals surface area contributed by atoms with Gasteiger partial charge in [0, 0.05) is 29.1 Å². The summed E-state index contributed by atoms with van der Waals surface area (Å²) in [4.78, 5) is 31.6. The molecule has 0 aliphatic carbocycles. The van der Waals surface area contributed by atoms with Crippen LogP contribution in [-0.4, -0.2) is 39.2 Å². The van der Waals surface area contributed by atoms with Crippen molar-refractivity contribution in [3.63, 3.8) is 0 Å². The van der Waals surface area contributed by atoms with E-state index >= 15 is 0 Å². The smallest absolute Gasteiger partial charge is 0.261 e. The summed E-state index contributed by atoms with van der Waals surface area (Å²) in [6.07, 6.45) is 2.30. The van der Waals surface area contributed by atoms with E-state index in [4.69, 9.17) is 11.6 Å². The number of fused-ring (bicyclic) bond motifs is 1. The number of halogens is 1. The lowest BCUT2D eigenvalue weighted by Gasteiger charge is -2.21. The molecule has 0 radical (unpaired) electrons. The number of carbonyl (C=O) groups excluding carboxylic acids is 1. The highest BCUT2D eigenvalue weighted by Gasteiger charge is 2.23. The molecule has 2 heterocycles. The maximum atomic E-state index is 12.8. The minimum atomic E-state index is -0.183. The summed E-state index contributed by atoms with van der Waals surface area (Å²) in [5.74, 6) is 0.784. The largest absolute Gasteiger partial charge is 0.340 e. The predicted octanol–water partition coefficient (Wildman–Crippen LogP) is 3.76. The quantitative estimate of drug-likeness (QED) is 0.656. The van der Waals surface area contributed by atoms with E-state index in [0.717, 1.165) is 22.8 Å². The molecule has 2 aromatic carbocycles. The molecule has 3 aromatic rings. The molecule has 0 saturated carbocycles. The van der Waals surface area contributed by atoms with Gasteiger partial charge in [0.05, 0.1) is 17.2 Å². The second-order valence-electron chi connectivity index (χ2n) is 6.75. The van der Waals surface area contributed by atoms with Crippen LogP contribution < -0.4 is 5.56 Å². The molecule has 1 saturated heterocycles. The van der Waals surface area contributed by atoms with Gasteiger partial charge in [-0.05, 0) is 30.2 Å². The van der Waals surface area contributed by atoms with Gasteiger partial charge in [-0.25, -0.2) is 4.98 Å². The van der Waals surface area contributed by atoms with Crippen LogP contribution in [0.5, 0.6) is 0 Å². The molecule has 1 aromatic heterocycles. The molecule has 1 aliphatic heterocycles. The van der Waals surface area contributed by atoms with Crippen molar-refractivity contribution in [2.75, 3.05) is 18.8 Å². The lowest BCUT2D eigenvalue weighted by molar-refractivity contribution is -0.131. The van der Waals surface area contributed by atoms with Crippen LogP contribution in [-0.2, 0) is 11.3 Å². The number of rotatable bonds is 3. The fraction of sp³-hybridized carbons (Fsp3) is 0.286. The van der Waals surface area contributed by atoms with E-state index < -0.39 is 0 Å². The molecule has 0 N–H and O–H groups in total. The highest BCUT2D eigenvalue weighted by molar-refractivity contribution is 7.99. The Bertz CT molecular complexity index is 1070. The van der Waals surface area contributed by atoms with Gasteiger partial charge in [0.25, 0.3) is 5.56 Å². The van der Waals surface area contributed by atoms with Gasteiger partial charge in [-0.3, -0.25) is 14.2 Å². The van der Waals surface area contributed by atoms with Gasteiger partial charge in [-0.1, -0.05) is 41.9 Å². The van der Waals surface area contributed by atoms with Gasteiger partial charge in [-0.15, -0.1) is 0 Å². The third-order valence-corrected chi connectivity index (χ3v) is 6.64. The number of aromatic nitrogens is 2. The molecule has 5 nitrogen and oxygen atoms in total. The van der Waals surface area contributed by atoms with Crippen LogP contribution in [0, 0.1) is 0 Å². The second-order valence-corrected chi connectivity index (χ2v) is 8.46. The van der Waals surface area contributed by atoms with Crippen LogP contribution in [0.25, 0.3) is 10.9 Å². The Kier molecular flexibility index (Phi) is 5.69. The van der Waals surface area contributed by atoms with Crippen LogP contribution in [0.15, 0.2) is 59.7 Å². The minimum absolute atomic E-state index is 0.0120. The van der Waals surface area contributed by atoms with Gasteiger partial charge in [-0.2, -0.15) is 11.8 Å². The topological polar surface area (TPSA) is 55.2 Å². The Morgan fingerprint density at radius 1 is 1.14 bits per heavy atom. The summed E-state index contributed by atoms with van der Waals surface area (Å²) in [5, 5.41) is 1.58. The number of benzene rings is 2. The average molecular weight is 414 g/mol. The Morgan fingerprint density at radius 2 is 1.93 bits per heavy atom. The van der Waals surface area contributed by atoms with E-state index in [1.807, 2.05) is 40.9 Å². The average Bonchev–Trinajstić information content (AvgIpc) is 2.97. The third kappa shape index (κ3) is 3.93. The molecule has 0 bridgehead atoms. The summed E-state index contributed by atoms with van der Waals surface area (Å²) < 4.78 is 1.40. The number of amides is 1. The van der Waals surface area contributed by atoms with Crippen LogP contribution >= 0.6 is 23.4 Å². The number of para-hydroxylation sites is 1. The molecule has 144 valence electrons. The van der Waals surface area contributed by atoms with Crippen molar-refractivity contribution < 1.29 is 4.79 Å². The zero-order valence-electron chi connectivity index (χ0n) is 15.3. The lowest BCUT2D eigenvalue weighted by atomic mass is 10.1. The summed E-state index contributed by atoms with van der Waals surface area (Å²) >= 11 is 8.17. The van der Waals surface area contributed by atoms with Gasteiger partial charge in [0.15, 0.2) is 0 Å². The molecule has 1 fully saturated rings. The first-order valence-corrected chi connectivity index (χ1v) is 10.6. The Balaban J connectivity index is 1.47. The summed E-state index contributed by atoms with van der Waals surface area (Å²) in [7, 11) is 0. The lowest BCUT2D eigenvalue weighted by Crippen LogP contribution is -2.37. The molecule has 1 unspecified atom stereocenters. The highest BCUT2D eigenvalue weighted by atomic mass is 35.5.